The third kappa shape index (κ3) is 1.98. The van der Waals surface area contributed by atoms with Gasteiger partial charge in [0, 0.05) is 12.2 Å². The van der Waals surface area contributed by atoms with Gasteiger partial charge in [-0.15, -0.1) is 0 Å². The van der Waals surface area contributed by atoms with Gasteiger partial charge in [-0.1, -0.05) is 19.8 Å². The molecule has 3 heteroatoms. The zero-order chi connectivity index (χ0) is 12.5. The van der Waals surface area contributed by atoms with Crippen molar-refractivity contribution in [2.75, 3.05) is 5.32 Å². The summed E-state index contributed by atoms with van der Waals surface area (Å²) in [6, 6.07) is 4.80. The molecule has 1 aliphatic rings. The topological polar surface area (TPSA) is 29.3 Å². The second-order valence-corrected chi connectivity index (χ2v) is 5.55. The van der Waals surface area contributed by atoms with E-state index in [2.05, 4.69) is 36.4 Å². The number of rotatable bonds is 2. The Hall–Kier alpha value is -1.51. The minimum atomic E-state index is 0.610. The molecule has 3 nitrogen and oxygen atoms in total. The maximum absolute atomic E-state index is 4.39. The second-order valence-electron chi connectivity index (χ2n) is 5.55. The molecule has 2 aromatic heterocycles. The molecule has 2 unspecified atom stereocenters. The molecule has 1 aliphatic carbocycles. The highest BCUT2D eigenvalue weighted by atomic mass is 15.2. The highest BCUT2D eigenvalue weighted by Gasteiger charge is 2.22. The smallest absolute Gasteiger partial charge is 0.0880 e. The van der Waals surface area contributed by atoms with Gasteiger partial charge in [-0.25, -0.2) is 4.52 Å². The normalized spacial score (nSPS) is 24.3. The summed E-state index contributed by atoms with van der Waals surface area (Å²) in [6.07, 6.45) is 9.32. The third-order valence-electron chi connectivity index (χ3n) is 4.20. The van der Waals surface area contributed by atoms with Crippen LogP contribution in [0.5, 0.6) is 0 Å². The summed E-state index contributed by atoms with van der Waals surface area (Å²) >= 11 is 0. The lowest BCUT2D eigenvalue weighted by atomic mass is 9.85. The lowest BCUT2D eigenvalue weighted by Gasteiger charge is -2.31. The van der Waals surface area contributed by atoms with E-state index in [4.69, 9.17) is 0 Å². The fourth-order valence-corrected chi connectivity index (χ4v) is 2.99. The van der Waals surface area contributed by atoms with E-state index < -0.39 is 0 Å². The van der Waals surface area contributed by atoms with E-state index in [9.17, 15) is 0 Å². The van der Waals surface area contributed by atoms with Crippen molar-refractivity contribution in [1.82, 2.24) is 9.61 Å². The first-order valence-corrected chi connectivity index (χ1v) is 6.95. The quantitative estimate of drug-likeness (QED) is 0.872. The van der Waals surface area contributed by atoms with Gasteiger partial charge in [0.25, 0.3) is 0 Å². The summed E-state index contributed by atoms with van der Waals surface area (Å²) in [5, 5.41) is 8.16. The Labute approximate surface area is 108 Å². The molecule has 1 saturated carbocycles. The average molecular weight is 243 g/mol. The summed E-state index contributed by atoms with van der Waals surface area (Å²) in [6.45, 7) is 4.50. The van der Waals surface area contributed by atoms with Crippen molar-refractivity contribution in [2.24, 2.45) is 5.92 Å². The largest absolute Gasteiger partial charge is 0.380 e. The van der Waals surface area contributed by atoms with Crippen LogP contribution in [-0.2, 0) is 0 Å². The summed E-state index contributed by atoms with van der Waals surface area (Å²) < 4.78 is 1.95. The number of nitrogens with zero attached hydrogens (tertiary/aromatic N) is 2. The molecule has 0 aromatic carbocycles. The van der Waals surface area contributed by atoms with E-state index in [1.807, 2.05) is 16.9 Å². The van der Waals surface area contributed by atoms with E-state index in [1.165, 1.54) is 42.5 Å². The predicted octanol–water partition coefficient (Wildman–Crippen LogP) is 3.63. The summed E-state index contributed by atoms with van der Waals surface area (Å²) in [4.78, 5) is 0. The van der Waals surface area contributed by atoms with Gasteiger partial charge in [0.15, 0.2) is 0 Å². The number of anilines is 1. The zero-order valence-corrected chi connectivity index (χ0v) is 11.2. The van der Waals surface area contributed by atoms with Crippen LogP contribution in [0, 0.1) is 12.8 Å². The van der Waals surface area contributed by atoms with Gasteiger partial charge in [-0.2, -0.15) is 5.10 Å². The van der Waals surface area contributed by atoms with Gasteiger partial charge < -0.3 is 5.32 Å². The standard InChI is InChI=1S/C15H21N3/c1-11-6-3-4-7-13(11)17-15-12(2)10-16-18-9-5-8-14(15)18/h5,8-11,13,17H,3-4,6-7H2,1-2H3. The summed E-state index contributed by atoms with van der Waals surface area (Å²) in [5.74, 6) is 0.765. The fourth-order valence-electron chi connectivity index (χ4n) is 2.99. The van der Waals surface area contributed by atoms with Crippen LogP contribution in [0.2, 0.25) is 0 Å². The Morgan fingerprint density at radius 1 is 1.33 bits per heavy atom. The fraction of sp³-hybridized carbons (Fsp3) is 0.533. The lowest BCUT2D eigenvalue weighted by Crippen LogP contribution is -2.30. The molecule has 2 heterocycles. The van der Waals surface area contributed by atoms with Crippen molar-refractivity contribution in [1.29, 1.82) is 0 Å². The highest BCUT2D eigenvalue weighted by molar-refractivity contribution is 5.74. The van der Waals surface area contributed by atoms with Crippen LogP contribution in [0.15, 0.2) is 24.5 Å². The Bertz CT molecular complexity index is 544. The van der Waals surface area contributed by atoms with E-state index in [0.717, 1.165) is 5.92 Å². The molecule has 0 aliphatic heterocycles. The molecule has 18 heavy (non-hydrogen) atoms. The molecule has 3 rings (SSSR count). The highest BCUT2D eigenvalue weighted by Crippen LogP contribution is 2.29. The van der Waals surface area contributed by atoms with Crippen LogP contribution in [0.1, 0.15) is 38.2 Å². The van der Waals surface area contributed by atoms with Gasteiger partial charge in [-0.05, 0) is 43.4 Å². The van der Waals surface area contributed by atoms with Gasteiger partial charge in [0.2, 0.25) is 0 Å². The van der Waals surface area contributed by atoms with Crippen LogP contribution in [0.4, 0.5) is 5.69 Å². The first-order chi connectivity index (χ1) is 8.75. The summed E-state index contributed by atoms with van der Waals surface area (Å²) in [5.41, 5.74) is 3.68. The monoisotopic (exact) mass is 243 g/mol. The molecule has 1 N–H and O–H groups in total. The van der Waals surface area contributed by atoms with Crippen molar-refractivity contribution >= 4 is 11.2 Å². The molecule has 0 radical (unpaired) electrons. The Morgan fingerprint density at radius 3 is 3.00 bits per heavy atom. The van der Waals surface area contributed by atoms with Crippen LogP contribution in [0.25, 0.3) is 5.52 Å². The molecule has 2 atom stereocenters. The zero-order valence-electron chi connectivity index (χ0n) is 11.2. The number of nitrogens with one attached hydrogen (secondary N) is 1. The van der Waals surface area contributed by atoms with Crippen molar-refractivity contribution in [3.05, 3.63) is 30.1 Å². The molecule has 0 bridgehead atoms. The average Bonchev–Trinajstić information content (AvgIpc) is 2.83. The maximum atomic E-state index is 4.39. The first-order valence-electron chi connectivity index (χ1n) is 6.95. The van der Waals surface area contributed by atoms with Gasteiger partial charge >= 0.3 is 0 Å². The van der Waals surface area contributed by atoms with E-state index in [-0.39, 0.29) is 0 Å². The maximum Gasteiger partial charge on any atom is 0.0880 e. The molecule has 2 aromatic rings. The molecule has 0 spiro atoms. The molecule has 0 saturated heterocycles. The minimum absolute atomic E-state index is 0.610. The second kappa shape index (κ2) is 4.63. The predicted molar refractivity (Wildman–Crippen MR) is 75.0 cm³/mol. The van der Waals surface area contributed by atoms with E-state index >= 15 is 0 Å². The SMILES string of the molecule is Cc1cnn2cccc2c1NC1CCCCC1C. The molecule has 96 valence electrons. The van der Waals surface area contributed by atoms with E-state index in [1.54, 1.807) is 0 Å². The van der Waals surface area contributed by atoms with Crippen molar-refractivity contribution < 1.29 is 0 Å². The third-order valence-corrected chi connectivity index (χ3v) is 4.20. The van der Waals surface area contributed by atoms with Crippen molar-refractivity contribution in [3.8, 4) is 0 Å². The number of hydrogen-bond donors (Lipinski definition) is 1. The number of aromatic nitrogens is 2. The van der Waals surface area contributed by atoms with Crippen molar-refractivity contribution in [3.63, 3.8) is 0 Å². The number of fused-ring (bicyclic) bond motifs is 1. The van der Waals surface area contributed by atoms with Crippen molar-refractivity contribution in [2.45, 2.75) is 45.6 Å². The van der Waals surface area contributed by atoms with E-state index in [0.29, 0.717) is 6.04 Å². The minimum Gasteiger partial charge on any atom is -0.380 e. The van der Waals surface area contributed by atoms with Crippen LogP contribution >= 0.6 is 0 Å². The molecule has 1 fully saturated rings. The van der Waals surface area contributed by atoms with Crippen LogP contribution in [0.3, 0.4) is 0 Å². The summed E-state index contributed by atoms with van der Waals surface area (Å²) in [7, 11) is 0. The van der Waals surface area contributed by atoms with Crippen LogP contribution < -0.4 is 5.32 Å². The van der Waals surface area contributed by atoms with Gasteiger partial charge in [-0.3, -0.25) is 0 Å². The van der Waals surface area contributed by atoms with Gasteiger partial charge in [0.05, 0.1) is 17.4 Å². The van der Waals surface area contributed by atoms with Gasteiger partial charge in [0.1, 0.15) is 0 Å². The molecular formula is C15H21N3. The Kier molecular flexibility index (Phi) is 2.98. The number of aryl methyl sites for hydroxylation is 1. The lowest BCUT2D eigenvalue weighted by molar-refractivity contribution is 0.349. The Morgan fingerprint density at radius 2 is 2.17 bits per heavy atom. The van der Waals surface area contributed by atoms with Crippen LogP contribution in [-0.4, -0.2) is 15.7 Å². The Balaban J connectivity index is 1.93. The first kappa shape index (κ1) is 11.6. The molecular weight excluding hydrogens is 222 g/mol. The molecule has 0 amide bonds. The number of hydrogen-bond acceptors (Lipinski definition) is 2.